The minimum Gasteiger partial charge on any atom is -0.409 e. The van der Waals surface area contributed by atoms with Crippen molar-refractivity contribution < 1.29 is 5.21 Å². The summed E-state index contributed by atoms with van der Waals surface area (Å²) in [4.78, 5) is 4.75. The van der Waals surface area contributed by atoms with Gasteiger partial charge in [-0.3, -0.25) is 9.80 Å². The van der Waals surface area contributed by atoms with E-state index in [1.165, 1.54) is 0 Å². The third-order valence-electron chi connectivity index (χ3n) is 3.55. The lowest BCUT2D eigenvalue weighted by atomic mass is 9.98. The molecule has 94 valence electrons. The largest absolute Gasteiger partial charge is 0.409 e. The first-order valence-corrected chi connectivity index (χ1v) is 5.78. The zero-order chi connectivity index (χ0) is 12.3. The maximum absolute atomic E-state index is 8.62. The molecule has 1 atom stereocenters. The second-order valence-electron chi connectivity index (χ2n) is 5.40. The summed E-state index contributed by atoms with van der Waals surface area (Å²) in [6.45, 7) is 10.5. The monoisotopic (exact) mass is 228 g/mol. The van der Waals surface area contributed by atoms with Gasteiger partial charge in [0.1, 0.15) is 5.84 Å². The maximum atomic E-state index is 8.62. The van der Waals surface area contributed by atoms with Crippen molar-refractivity contribution >= 4 is 5.84 Å². The third-order valence-corrected chi connectivity index (χ3v) is 3.55. The van der Waals surface area contributed by atoms with Crippen LogP contribution in [0.4, 0.5) is 0 Å². The van der Waals surface area contributed by atoms with E-state index in [0.29, 0.717) is 5.84 Å². The van der Waals surface area contributed by atoms with Gasteiger partial charge in [0.05, 0.1) is 0 Å². The molecule has 1 rings (SSSR count). The summed E-state index contributed by atoms with van der Waals surface area (Å²) in [6.07, 6.45) is 0. The Kier molecular flexibility index (Phi) is 4.15. The molecule has 1 saturated heterocycles. The molecule has 0 spiro atoms. The summed E-state index contributed by atoms with van der Waals surface area (Å²) in [7, 11) is 2.16. The Morgan fingerprint density at radius 1 is 1.50 bits per heavy atom. The lowest BCUT2D eigenvalue weighted by Crippen LogP contribution is -2.58. The van der Waals surface area contributed by atoms with Crippen LogP contribution in [-0.2, 0) is 0 Å². The van der Waals surface area contributed by atoms with Gasteiger partial charge in [0, 0.05) is 37.6 Å². The molecule has 0 radical (unpaired) electrons. The number of likely N-dealkylation sites (N-methyl/N-ethyl adjacent to an activating group) is 1. The van der Waals surface area contributed by atoms with Gasteiger partial charge >= 0.3 is 0 Å². The molecule has 16 heavy (non-hydrogen) atoms. The van der Waals surface area contributed by atoms with E-state index in [9.17, 15) is 0 Å². The summed E-state index contributed by atoms with van der Waals surface area (Å²) in [5.74, 6) is 0.418. The highest BCUT2D eigenvalue weighted by molar-refractivity contribution is 5.82. The Balaban J connectivity index is 2.51. The maximum Gasteiger partial charge on any atom is 0.143 e. The molecule has 5 heteroatoms. The highest BCUT2D eigenvalue weighted by Gasteiger charge is 2.31. The average molecular weight is 228 g/mol. The lowest BCUT2D eigenvalue weighted by Gasteiger charge is -2.45. The summed E-state index contributed by atoms with van der Waals surface area (Å²) in [5, 5.41) is 11.7. The topological polar surface area (TPSA) is 65.1 Å². The molecule has 0 bridgehead atoms. The Labute approximate surface area is 97.9 Å². The van der Waals surface area contributed by atoms with Crippen LogP contribution in [0.3, 0.4) is 0 Å². The Morgan fingerprint density at radius 3 is 2.62 bits per heavy atom. The van der Waals surface area contributed by atoms with Crippen LogP contribution in [0.1, 0.15) is 20.8 Å². The first-order valence-electron chi connectivity index (χ1n) is 5.78. The zero-order valence-electron chi connectivity index (χ0n) is 10.8. The first kappa shape index (κ1) is 13.3. The van der Waals surface area contributed by atoms with E-state index in [2.05, 4.69) is 35.9 Å². The molecule has 3 N–H and O–H groups in total. The van der Waals surface area contributed by atoms with Gasteiger partial charge in [-0.05, 0) is 20.9 Å². The summed E-state index contributed by atoms with van der Waals surface area (Å²) in [5.41, 5.74) is 5.79. The molecule has 0 aromatic carbocycles. The number of nitrogens with zero attached hydrogens (tertiary/aromatic N) is 3. The smallest absolute Gasteiger partial charge is 0.143 e. The molecule has 0 aliphatic carbocycles. The average Bonchev–Trinajstić information content (AvgIpc) is 2.21. The Bertz CT molecular complexity index is 265. The van der Waals surface area contributed by atoms with E-state index < -0.39 is 0 Å². The standard InChI is InChI=1S/C11H24N4O/c1-9(10(12)13-16)7-15-6-5-14(4)11(2,3)8-15/h9,16H,5-8H2,1-4H3,(H2,12,13). The second kappa shape index (κ2) is 5.01. The fourth-order valence-corrected chi connectivity index (χ4v) is 2.08. The number of rotatable bonds is 3. The highest BCUT2D eigenvalue weighted by atomic mass is 16.4. The van der Waals surface area contributed by atoms with Gasteiger partial charge in [-0.15, -0.1) is 0 Å². The molecule has 0 amide bonds. The van der Waals surface area contributed by atoms with Crippen molar-refractivity contribution in [3.8, 4) is 0 Å². The SMILES string of the molecule is CC(CN1CCN(C)C(C)(C)C1)C(N)=NO. The van der Waals surface area contributed by atoms with E-state index in [1.54, 1.807) is 0 Å². The van der Waals surface area contributed by atoms with Gasteiger partial charge in [-0.25, -0.2) is 0 Å². The molecule has 1 aliphatic rings. The molecule has 1 aliphatic heterocycles. The summed E-state index contributed by atoms with van der Waals surface area (Å²) >= 11 is 0. The highest BCUT2D eigenvalue weighted by Crippen LogP contribution is 2.19. The van der Waals surface area contributed by atoms with Crippen molar-refractivity contribution in [1.82, 2.24) is 9.80 Å². The fourth-order valence-electron chi connectivity index (χ4n) is 2.08. The van der Waals surface area contributed by atoms with E-state index in [0.717, 1.165) is 26.2 Å². The van der Waals surface area contributed by atoms with Crippen molar-refractivity contribution in [1.29, 1.82) is 0 Å². The molecule has 1 fully saturated rings. The molecular formula is C11H24N4O. The van der Waals surface area contributed by atoms with Crippen LogP contribution in [0.2, 0.25) is 0 Å². The summed E-state index contributed by atoms with van der Waals surface area (Å²) < 4.78 is 0. The molecule has 1 unspecified atom stereocenters. The Morgan fingerprint density at radius 2 is 2.12 bits per heavy atom. The van der Waals surface area contributed by atoms with Gasteiger partial charge in [0.15, 0.2) is 0 Å². The summed E-state index contributed by atoms with van der Waals surface area (Å²) in [6, 6.07) is 0. The van der Waals surface area contributed by atoms with Crippen LogP contribution in [0.25, 0.3) is 0 Å². The van der Waals surface area contributed by atoms with E-state index in [-0.39, 0.29) is 11.5 Å². The minimum atomic E-state index is 0.101. The van der Waals surface area contributed by atoms with Gasteiger partial charge in [-0.1, -0.05) is 12.1 Å². The lowest BCUT2D eigenvalue weighted by molar-refractivity contribution is 0.0369. The molecule has 0 aromatic rings. The van der Waals surface area contributed by atoms with Gasteiger partial charge < -0.3 is 10.9 Å². The van der Waals surface area contributed by atoms with Crippen LogP contribution < -0.4 is 5.73 Å². The molecular weight excluding hydrogens is 204 g/mol. The zero-order valence-corrected chi connectivity index (χ0v) is 10.8. The number of hydrogen-bond acceptors (Lipinski definition) is 4. The van der Waals surface area contributed by atoms with Crippen LogP contribution in [0, 0.1) is 5.92 Å². The quantitative estimate of drug-likeness (QED) is 0.317. The fraction of sp³-hybridized carbons (Fsp3) is 0.909. The van der Waals surface area contributed by atoms with Crippen molar-refractivity contribution in [2.24, 2.45) is 16.8 Å². The van der Waals surface area contributed by atoms with Gasteiger partial charge in [0.2, 0.25) is 0 Å². The van der Waals surface area contributed by atoms with Crippen molar-refractivity contribution in [2.75, 3.05) is 33.2 Å². The van der Waals surface area contributed by atoms with E-state index in [4.69, 9.17) is 10.9 Å². The molecule has 5 nitrogen and oxygen atoms in total. The number of amidine groups is 1. The van der Waals surface area contributed by atoms with Crippen LogP contribution in [-0.4, -0.2) is 59.6 Å². The first-order chi connectivity index (χ1) is 7.36. The van der Waals surface area contributed by atoms with Gasteiger partial charge in [0.25, 0.3) is 0 Å². The second-order valence-corrected chi connectivity index (χ2v) is 5.40. The van der Waals surface area contributed by atoms with Crippen LogP contribution in [0.5, 0.6) is 0 Å². The number of oxime groups is 1. The predicted octanol–water partition coefficient (Wildman–Crippen LogP) is 0.395. The van der Waals surface area contributed by atoms with Crippen LogP contribution >= 0.6 is 0 Å². The third kappa shape index (κ3) is 3.09. The number of piperazine rings is 1. The van der Waals surface area contributed by atoms with Crippen molar-refractivity contribution in [2.45, 2.75) is 26.3 Å². The van der Waals surface area contributed by atoms with E-state index in [1.807, 2.05) is 6.92 Å². The molecule has 0 aromatic heterocycles. The number of nitrogens with two attached hydrogens (primary N) is 1. The normalized spacial score (nSPS) is 25.6. The van der Waals surface area contributed by atoms with Crippen molar-refractivity contribution in [3.63, 3.8) is 0 Å². The Hall–Kier alpha value is -0.810. The van der Waals surface area contributed by atoms with E-state index >= 15 is 0 Å². The minimum absolute atomic E-state index is 0.101. The number of hydrogen-bond donors (Lipinski definition) is 2. The molecule has 0 saturated carbocycles. The van der Waals surface area contributed by atoms with Crippen LogP contribution in [0.15, 0.2) is 5.16 Å². The van der Waals surface area contributed by atoms with Crippen molar-refractivity contribution in [3.05, 3.63) is 0 Å². The molecule has 1 heterocycles. The predicted molar refractivity (Wildman–Crippen MR) is 65.7 cm³/mol. The van der Waals surface area contributed by atoms with Gasteiger partial charge in [-0.2, -0.15) is 0 Å².